The lowest BCUT2D eigenvalue weighted by Crippen LogP contribution is -2.67. The van der Waals surface area contributed by atoms with Crippen LogP contribution in [0.2, 0.25) is 0 Å². The Morgan fingerprint density at radius 1 is 1.21 bits per heavy atom. The van der Waals surface area contributed by atoms with Gasteiger partial charge in [0.2, 0.25) is 0 Å². The van der Waals surface area contributed by atoms with Crippen LogP contribution < -0.4 is 11.1 Å². The van der Waals surface area contributed by atoms with Crippen molar-refractivity contribution in [3.8, 4) is 0 Å². The topological polar surface area (TPSA) is 75.4 Å². The lowest BCUT2D eigenvalue weighted by Gasteiger charge is -2.54. The molecule has 1 aliphatic rings. The van der Waals surface area contributed by atoms with E-state index in [0.717, 1.165) is 6.42 Å². The maximum Gasteiger partial charge on any atom is 0.312 e. The Bertz CT molecular complexity index is 346. The van der Waals surface area contributed by atoms with E-state index in [4.69, 9.17) is 5.73 Å². The van der Waals surface area contributed by atoms with Crippen LogP contribution in [0.1, 0.15) is 53.9 Å². The highest BCUT2D eigenvalue weighted by atomic mass is 16.2. The number of nitrogens with two attached hydrogens (primary N) is 1. The SMILES string of the molecule is CCCNC(=O)C(=O)N1C(C)(C)CC(N)CC1(C)C. The van der Waals surface area contributed by atoms with Crippen LogP contribution in [-0.4, -0.2) is 40.4 Å². The first kappa shape index (κ1) is 16.0. The highest BCUT2D eigenvalue weighted by molar-refractivity contribution is 6.35. The molecule has 0 atom stereocenters. The number of hydrogen-bond acceptors (Lipinski definition) is 3. The van der Waals surface area contributed by atoms with Crippen molar-refractivity contribution in [3.05, 3.63) is 0 Å². The zero-order chi connectivity index (χ0) is 14.8. The standard InChI is InChI=1S/C14H27N3O2/c1-6-7-16-11(18)12(19)17-13(2,3)8-10(15)9-14(17,4)5/h10H,6-9,15H2,1-5H3,(H,16,18). The number of amides is 2. The highest BCUT2D eigenvalue weighted by Crippen LogP contribution is 2.37. The molecule has 0 spiro atoms. The summed E-state index contributed by atoms with van der Waals surface area (Å²) in [4.78, 5) is 26.0. The van der Waals surface area contributed by atoms with E-state index in [1.165, 1.54) is 0 Å². The van der Waals surface area contributed by atoms with Gasteiger partial charge in [0, 0.05) is 23.7 Å². The minimum atomic E-state index is -0.515. The Morgan fingerprint density at radius 3 is 2.11 bits per heavy atom. The quantitative estimate of drug-likeness (QED) is 0.735. The van der Waals surface area contributed by atoms with Gasteiger partial charge in [0.25, 0.3) is 0 Å². The predicted molar refractivity (Wildman–Crippen MR) is 75.5 cm³/mol. The molecule has 1 saturated heterocycles. The Kier molecular flexibility index (Phi) is 4.61. The van der Waals surface area contributed by atoms with E-state index in [0.29, 0.717) is 19.4 Å². The molecule has 19 heavy (non-hydrogen) atoms. The molecule has 1 rings (SSSR count). The summed E-state index contributed by atoms with van der Waals surface area (Å²) in [7, 11) is 0. The zero-order valence-corrected chi connectivity index (χ0v) is 12.7. The van der Waals surface area contributed by atoms with Crippen molar-refractivity contribution in [3.63, 3.8) is 0 Å². The van der Waals surface area contributed by atoms with Gasteiger partial charge in [-0.2, -0.15) is 0 Å². The molecule has 5 nitrogen and oxygen atoms in total. The van der Waals surface area contributed by atoms with Gasteiger partial charge in [0.05, 0.1) is 0 Å². The summed E-state index contributed by atoms with van der Waals surface area (Å²) >= 11 is 0. The second-order valence-electron chi connectivity index (χ2n) is 6.69. The molecule has 3 N–H and O–H groups in total. The first-order valence-corrected chi connectivity index (χ1v) is 7.00. The summed E-state index contributed by atoms with van der Waals surface area (Å²) < 4.78 is 0. The molecule has 1 aliphatic heterocycles. The van der Waals surface area contributed by atoms with Crippen LogP contribution in [0, 0.1) is 0 Å². The van der Waals surface area contributed by atoms with Crippen LogP contribution in [-0.2, 0) is 9.59 Å². The maximum atomic E-state index is 12.4. The van der Waals surface area contributed by atoms with Crippen LogP contribution in [0.5, 0.6) is 0 Å². The lowest BCUT2D eigenvalue weighted by atomic mass is 9.77. The molecule has 2 amide bonds. The van der Waals surface area contributed by atoms with Crippen LogP contribution in [0.15, 0.2) is 0 Å². The molecule has 0 aromatic rings. The monoisotopic (exact) mass is 269 g/mol. The summed E-state index contributed by atoms with van der Waals surface area (Å²) in [5.41, 5.74) is 5.26. The van der Waals surface area contributed by atoms with Crippen molar-refractivity contribution in [1.82, 2.24) is 10.2 Å². The van der Waals surface area contributed by atoms with Gasteiger partial charge in [-0.1, -0.05) is 6.92 Å². The fourth-order valence-corrected chi connectivity index (χ4v) is 3.32. The molecular weight excluding hydrogens is 242 g/mol. The van der Waals surface area contributed by atoms with E-state index in [2.05, 4.69) is 5.32 Å². The van der Waals surface area contributed by atoms with Crippen molar-refractivity contribution in [2.45, 2.75) is 71.0 Å². The van der Waals surface area contributed by atoms with Crippen LogP contribution in [0.3, 0.4) is 0 Å². The second-order valence-corrected chi connectivity index (χ2v) is 6.69. The number of nitrogens with one attached hydrogen (secondary N) is 1. The smallest absolute Gasteiger partial charge is 0.312 e. The number of hydrogen-bond donors (Lipinski definition) is 2. The predicted octanol–water partition coefficient (Wildman–Crippen LogP) is 1.02. The molecule has 0 aromatic heterocycles. The Labute approximate surface area is 115 Å². The molecular formula is C14H27N3O2. The summed E-state index contributed by atoms with van der Waals surface area (Å²) in [5, 5.41) is 2.65. The Hall–Kier alpha value is -1.10. The van der Waals surface area contributed by atoms with Crippen molar-refractivity contribution in [1.29, 1.82) is 0 Å². The second kappa shape index (κ2) is 5.49. The highest BCUT2D eigenvalue weighted by Gasteiger charge is 2.48. The van der Waals surface area contributed by atoms with Gasteiger partial charge >= 0.3 is 11.8 Å². The number of likely N-dealkylation sites (tertiary alicyclic amines) is 1. The van der Waals surface area contributed by atoms with Crippen molar-refractivity contribution < 1.29 is 9.59 Å². The minimum Gasteiger partial charge on any atom is -0.348 e. The molecule has 0 aliphatic carbocycles. The van der Waals surface area contributed by atoms with Gasteiger partial charge in [0.15, 0.2) is 0 Å². The molecule has 110 valence electrons. The molecule has 1 fully saturated rings. The van der Waals surface area contributed by atoms with Crippen LogP contribution >= 0.6 is 0 Å². The third-order valence-electron chi connectivity index (χ3n) is 3.67. The average molecular weight is 269 g/mol. The number of piperidine rings is 1. The zero-order valence-electron chi connectivity index (χ0n) is 12.7. The van der Waals surface area contributed by atoms with Gasteiger partial charge in [-0.25, -0.2) is 0 Å². The van der Waals surface area contributed by atoms with Gasteiger partial charge in [-0.15, -0.1) is 0 Å². The van der Waals surface area contributed by atoms with Gasteiger partial charge in [-0.3, -0.25) is 9.59 Å². The molecule has 5 heteroatoms. The average Bonchev–Trinajstić information content (AvgIpc) is 2.21. The van der Waals surface area contributed by atoms with E-state index in [-0.39, 0.29) is 6.04 Å². The summed E-state index contributed by atoms with van der Waals surface area (Å²) in [6, 6.07) is 0.0627. The minimum absolute atomic E-state index is 0.0627. The Morgan fingerprint density at radius 2 is 1.68 bits per heavy atom. The fraction of sp³-hybridized carbons (Fsp3) is 0.857. The van der Waals surface area contributed by atoms with Gasteiger partial charge in [-0.05, 0) is 47.0 Å². The molecule has 0 aromatic carbocycles. The normalized spacial score (nSPS) is 22.1. The first-order valence-electron chi connectivity index (χ1n) is 7.00. The fourth-order valence-electron chi connectivity index (χ4n) is 3.32. The Balaban J connectivity index is 2.94. The van der Waals surface area contributed by atoms with Crippen molar-refractivity contribution in [2.24, 2.45) is 5.73 Å². The van der Waals surface area contributed by atoms with E-state index < -0.39 is 22.9 Å². The summed E-state index contributed by atoms with van der Waals surface area (Å²) in [6.07, 6.45) is 2.24. The number of carbonyl (C=O) groups excluding carboxylic acids is 2. The largest absolute Gasteiger partial charge is 0.348 e. The van der Waals surface area contributed by atoms with Crippen LogP contribution in [0.4, 0.5) is 0 Å². The molecule has 1 heterocycles. The number of nitrogens with zero attached hydrogens (tertiary/aromatic N) is 1. The molecule has 0 saturated carbocycles. The van der Waals surface area contributed by atoms with E-state index in [1.807, 2.05) is 34.6 Å². The maximum absolute atomic E-state index is 12.4. The first-order chi connectivity index (χ1) is 8.62. The molecule has 0 radical (unpaired) electrons. The molecule has 0 unspecified atom stereocenters. The van der Waals surface area contributed by atoms with Gasteiger partial charge in [0.1, 0.15) is 0 Å². The van der Waals surface area contributed by atoms with E-state index >= 15 is 0 Å². The van der Waals surface area contributed by atoms with Crippen molar-refractivity contribution in [2.75, 3.05) is 6.54 Å². The van der Waals surface area contributed by atoms with Gasteiger partial charge < -0.3 is 16.0 Å². The van der Waals surface area contributed by atoms with E-state index in [9.17, 15) is 9.59 Å². The van der Waals surface area contributed by atoms with E-state index in [1.54, 1.807) is 4.90 Å². The molecule has 0 bridgehead atoms. The van der Waals surface area contributed by atoms with Crippen LogP contribution in [0.25, 0.3) is 0 Å². The van der Waals surface area contributed by atoms with Crippen molar-refractivity contribution >= 4 is 11.8 Å². The number of carbonyl (C=O) groups is 2. The third-order valence-corrected chi connectivity index (χ3v) is 3.67. The third kappa shape index (κ3) is 3.47. The number of rotatable bonds is 2. The lowest BCUT2D eigenvalue weighted by molar-refractivity contribution is -0.159. The summed E-state index contributed by atoms with van der Waals surface area (Å²) in [6.45, 7) is 10.4. The summed E-state index contributed by atoms with van der Waals surface area (Å²) in [5.74, 6) is -0.964.